The highest BCUT2D eigenvalue weighted by Crippen LogP contribution is 2.30. The zero-order valence-corrected chi connectivity index (χ0v) is 15.7. The van der Waals surface area contributed by atoms with Crippen LogP contribution in [-0.4, -0.2) is 45.8 Å². The Hall–Kier alpha value is -2.67. The van der Waals surface area contributed by atoms with Crippen LogP contribution < -0.4 is 0 Å². The van der Waals surface area contributed by atoms with Gasteiger partial charge in [-0.3, -0.25) is 9.69 Å². The Kier molecular flexibility index (Phi) is 4.94. The first kappa shape index (κ1) is 17.7. The van der Waals surface area contributed by atoms with Gasteiger partial charge in [0.15, 0.2) is 0 Å². The minimum absolute atomic E-state index is 0.143. The molecule has 2 aromatic heterocycles. The molecule has 4 rings (SSSR count). The summed E-state index contributed by atoms with van der Waals surface area (Å²) in [6, 6.07) is 7.86. The van der Waals surface area contributed by atoms with Crippen LogP contribution >= 0.6 is 0 Å². The SMILES string of the molecule is COC(=O)Cn1cc(-c2nnc(CN3CCC(C)CC3)o2)c2ccccc21. The largest absolute Gasteiger partial charge is 0.468 e. The summed E-state index contributed by atoms with van der Waals surface area (Å²) in [5.74, 6) is 1.60. The molecule has 3 heterocycles. The minimum Gasteiger partial charge on any atom is -0.468 e. The van der Waals surface area contributed by atoms with Crippen molar-refractivity contribution < 1.29 is 13.9 Å². The number of likely N-dealkylation sites (tertiary alicyclic amines) is 1. The lowest BCUT2D eigenvalue weighted by atomic mass is 9.99. The third-order valence-corrected chi connectivity index (χ3v) is 5.25. The maximum absolute atomic E-state index is 11.7. The van der Waals surface area contributed by atoms with E-state index in [1.807, 2.05) is 35.0 Å². The van der Waals surface area contributed by atoms with Crippen molar-refractivity contribution in [3.8, 4) is 11.5 Å². The van der Waals surface area contributed by atoms with Gasteiger partial charge in [0.25, 0.3) is 0 Å². The fourth-order valence-electron chi connectivity index (χ4n) is 3.59. The number of esters is 1. The van der Waals surface area contributed by atoms with Crippen LogP contribution in [0, 0.1) is 5.92 Å². The summed E-state index contributed by atoms with van der Waals surface area (Å²) in [7, 11) is 1.39. The van der Waals surface area contributed by atoms with E-state index in [1.165, 1.54) is 20.0 Å². The van der Waals surface area contributed by atoms with Crippen LogP contribution in [-0.2, 0) is 22.6 Å². The van der Waals surface area contributed by atoms with E-state index in [0.717, 1.165) is 35.5 Å². The number of carbonyl (C=O) groups excluding carboxylic acids is 1. The van der Waals surface area contributed by atoms with E-state index in [1.54, 1.807) is 0 Å². The van der Waals surface area contributed by atoms with Crippen LogP contribution in [0.15, 0.2) is 34.9 Å². The van der Waals surface area contributed by atoms with Gasteiger partial charge in [-0.1, -0.05) is 25.1 Å². The molecular formula is C20H24N4O3. The fourth-order valence-corrected chi connectivity index (χ4v) is 3.59. The number of piperidine rings is 1. The van der Waals surface area contributed by atoms with Crippen LogP contribution in [0.1, 0.15) is 25.7 Å². The Labute approximate surface area is 157 Å². The fraction of sp³-hybridized carbons (Fsp3) is 0.450. The van der Waals surface area contributed by atoms with Crippen molar-refractivity contribution in [3.63, 3.8) is 0 Å². The number of hydrogen-bond acceptors (Lipinski definition) is 6. The Morgan fingerprint density at radius 3 is 2.81 bits per heavy atom. The third-order valence-electron chi connectivity index (χ3n) is 5.25. The smallest absolute Gasteiger partial charge is 0.325 e. The molecule has 7 nitrogen and oxygen atoms in total. The van der Waals surface area contributed by atoms with Crippen LogP contribution in [0.2, 0.25) is 0 Å². The van der Waals surface area contributed by atoms with Crippen molar-refractivity contribution in [2.45, 2.75) is 32.9 Å². The standard InChI is InChI=1S/C20H24N4O3/c1-14-7-9-23(10-8-14)12-18-21-22-20(27-18)16-11-24(13-19(25)26-2)17-6-4-3-5-15(16)17/h3-6,11,14H,7-10,12-13H2,1-2H3. The van der Waals surface area contributed by atoms with Crippen LogP contribution in [0.5, 0.6) is 0 Å². The summed E-state index contributed by atoms with van der Waals surface area (Å²) < 4.78 is 12.6. The molecule has 3 aromatic rings. The Morgan fingerprint density at radius 1 is 1.26 bits per heavy atom. The van der Waals surface area contributed by atoms with Gasteiger partial charge in [-0.05, 0) is 37.9 Å². The molecule has 1 aromatic carbocycles. The van der Waals surface area contributed by atoms with Crippen LogP contribution in [0.4, 0.5) is 0 Å². The summed E-state index contributed by atoms with van der Waals surface area (Å²) in [6.45, 7) is 5.26. The van der Waals surface area contributed by atoms with Crippen molar-refractivity contribution in [2.75, 3.05) is 20.2 Å². The maximum atomic E-state index is 11.7. The molecule has 1 aliphatic rings. The first-order chi connectivity index (χ1) is 13.1. The lowest BCUT2D eigenvalue weighted by Crippen LogP contribution is -2.32. The molecule has 0 saturated carbocycles. The molecule has 0 atom stereocenters. The molecule has 27 heavy (non-hydrogen) atoms. The second kappa shape index (κ2) is 7.52. The zero-order chi connectivity index (χ0) is 18.8. The van der Waals surface area contributed by atoms with Crippen molar-refractivity contribution >= 4 is 16.9 Å². The van der Waals surface area contributed by atoms with Gasteiger partial charge < -0.3 is 13.7 Å². The van der Waals surface area contributed by atoms with E-state index in [4.69, 9.17) is 9.15 Å². The molecule has 1 fully saturated rings. The highest BCUT2D eigenvalue weighted by molar-refractivity contribution is 5.94. The predicted molar refractivity (Wildman–Crippen MR) is 101 cm³/mol. The van der Waals surface area contributed by atoms with E-state index < -0.39 is 0 Å². The van der Waals surface area contributed by atoms with Gasteiger partial charge in [-0.2, -0.15) is 0 Å². The van der Waals surface area contributed by atoms with E-state index in [9.17, 15) is 4.79 Å². The first-order valence-corrected chi connectivity index (χ1v) is 9.34. The average Bonchev–Trinajstić information content (AvgIpc) is 3.28. The normalized spacial score (nSPS) is 16.1. The first-order valence-electron chi connectivity index (χ1n) is 9.34. The third kappa shape index (κ3) is 3.73. The number of para-hydroxylation sites is 1. The van der Waals surface area contributed by atoms with E-state index in [2.05, 4.69) is 22.0 Å². The van der Waals surface area contributed by atoms with Crippen molar-refractivity contribution in [2.24, 2.45) is 5.92 Å². The number of hydrogen-bond donors (Lipinski definition) is 0. The molecule has 0 unspecified atom stereocenters. The monoisotopic (exact) mass is 368 g/mol. The average molecular weight is 368 g/mol. The topological polar surface area (TPSA) is 73.4 Å². The molecule has 0 spiro atoms. The summed E-state index contributed by atoms with van der Waals surface area (Å²) in [5.41, 5.74) is 1.77. The molecule has 0 aliphatic carbocycles. The number of ether oxygens (including phenoxy) is 1. The van der Waals surface area contributed by atoms with Crippen molar-refractivity contribution in [3.05, 3.63) is 36.4 Å². The van der Waals surface area contributed by atoms with Gasteiger partial charge >= 0.3 is 5.97 Å². The zero-order valence-electron chi connectivity index (χ0n) is 15.7. The Balaban J connectivity index is 1.59. The molecule has 1 aliphatic heterocycles. The van der Waals surface area contributed by atoms with Crippen LogP contribution in [0.25, 0.3) is 22.4 Å². The van der Waals surface area contributed by atoms with E-state index in [0.29, 0.717) is 18.3 Å². The highest BCUT2D eigenvalue weighted by atomic mass is 16.5. The van der Waals surface area contributed by atoms with Gasteiger partial charge in [-0.25, -0.2) is 0 Å². The summed E-state index contributed by atoms with van der Waals surface area (Å²) >= 11 is 0. The maximum Gasteiger partial charge on any atom is 0.325 e. The molecule has 0 radical (unpaired) electrons. The van der Waals surface area contributed by atoms with Gasteiger partial charge in [0.1, 0.15) is 6.54 Å². The number of benzene rings is 1. The van der Waals surface area contributed by atoms with E-state index in [-0.39, 0.29) is 12.5 Å². The molecule has 142 valence electrons. The summed E-state index contributed by atoms with van der Waals surface area (Å²) in [5, 5.41) is 9.47. The van der Waals surface area contributed by atoms with Crippen molar-refractivity contribution in [1.29, 1.82) is 0 Å². The van der Waals surface area contributed by atoms with Gasteiger partial charge in [0.2, 0.25) is 11.8 Å². The summed E-state index contributed by atoms with van der Waals surface area (Å²) in [6.07, 6.45) is 4.30. The molecule has 0 bridgehead atoms. The van der Waals surface area contributed by atoms with E-state index >= 15 is 0 Å². The number of carbonyl (C=O) groups is 1. The molecule has 0 N–H and O–H groups in total. The number of methoxy groups -OCH3 is 1. The molecule has 7 heteroatoms. The van der Waals surface area contributed by atoms with Crippen LogP contribution in [0.3, 0.4) is 0 Å². The lowest BCUT2D eigenvalue weighted by molar-refractivity contribution is -0.141. The van der Waals surface area contributed by atoms with Gasteiger partial charge in [-0.15, -0.1) is 10.2 Å². The highest BCUT2D eigenvalue weighted by Gasteiger charge is 2.20. The number of nitrogens with zero attached hydrogens (tertiary/aromatic N) is 4. The molecule has 1 saturated heterocycles. The molecular weight excluding hydrogens is 344 g/mol. The lowest BCUT2D eigenvalue weighted by Gasteiger charge is -2.28. The summed E-state index contributed by atoms with van der Waals surface area (Å²) in [4.78, 5) is 14.1. The van der Waals surface area contributed by atoms with Gasteiger partial charge in [0, 0.05) is 17.1 Å². The van der Waals surface area contributed by atoms with Gasteiger partial charge in [0.05, 0.1) is 19.2 Å². The second-order valence-corrected chi connectivity index (χ2v) is 7.22. The van der Waals surface area contributed by atoms with Crippen molar-refractivity contribution in [1.82, 2.24) is 19.7 Å². The second-order valence-electron chi connectivity index (χ2n) is 7.22. The predicted octanol–water partition coefficient (Wildman–Crippen LogP) is 3.10. The number of rotatable bonds is 5. The number of fused-ring (bicyclic) bond motifs is 1. The minimum atomic E-state index is -0.298. The Morgan fingerprint density at radius 2 is 2.04 bits per heavy atom. The number of aromatic nitrogens is 3. The quantitative estimate of drug-likeness (QED) is 0.645. The Bertz CT molecular complexity index is 938. The molecule has 0 amide bonds.